The highest BCUT2D eigenvalue weighted by Crippen LogP contribution is 2.23. The summed E-state index contributed by atoms with van der Waals surface area (Å²) >= 11 is 0. The molecule has 0 radical (unpaired) electrons. The lowest BCUT2D eigenvalue weighted by atomic mass is 10.0. The van der Waals surface area contributed by atoms with Crippen molar-refractivity contribution < 1.29 is 9.90 Å². The highest BCUT2D eigenvalue weighted by Gasteiger charge is 2.06. The molecule has 102 valence electrons. The normalized spacial score (nSPS) is 10.9. The van der Waals surface area contributed by atoms with Crippen LogP contribution in [0, 0.1) is 20.8 Å². The predicted molar refractivity (Wildman–Crippen MR) is 78.3 cm³/mol. The molecule has 0 atom stereocenters. The van der Waals surface area contributed by atoms with E-state index >= 15 is 0 Å². The van der Waals surface area contributed by atoms with Crippen molar-refractivity contribution in [1.82, 2.24) is 9.97 Å². The smallest absolute Gasteiger partial charge is 0.328 e. The van der Waals surface area contributed by atoms with Crippen LogP contribution in [0.1, 0.15) is 22.6 Å². The van der Waals surface area contributed by atoms with Gasteiger partial charge in [0.2, 0.25) is 0 Å². The van der Waals surface area contributed by atoms with E-state index in [1.165, 1.54) is 11.6 Å². The monoisotopic (exact) mass is 268 g/mol. The summed E-state index contributed by atoms with van der Waals surface area (Å²) in [7, 11) is 0. The highest BCUT2D eigenvalue weighted by molar-refractivity contribution is 5.84. The van der Waals surface area contributed by atoms with E-state index in [4.69, 9.17) is 5.11 Å². The van der Waals surface area contributed by atoms with Crippen molar-refractivity contribution in [1.29, 1.82) is 0 Å². The van der Waals surface area contributed by atoms with Crippen LogP contribution in [0.25, 0.3) is 17.3 Å². The predicted octanol–water partition coefficient (Wildman–Crippen LogP) is 3.17. The van der Waals surface area contributed by atoms with Crippen LogP contribution in [0.5, 0.6) is 0 Å². The molecule has 0 saturated carbocycles. The fourth-order valence-electron chi connectivity index (χ4n) is 2.05. The number of hydrogen-bond donors (Lipinski definition) is 1. The number of aromatic nitrogens is 2. The van der Waals surface area contributed by atoms with Gasteiger partial charge in [-0.2, -0.15) is 0 Å². The van der Waals surface area contributed by atoms with Crippen LogP contribution >= 0.6 is 0 Å². The lowest BCUT2D eigenvalue weighted by Gasteiger charge is -2.08. The van der Waals surface area contributed by atoms with E-state index in [1.807, 2.05) is 39.0 Å². The van der Waals surface area contributed by atoms with Gasteiger partial charge in [0.25, 0.3) is 0 Å². The van der Waals surface area contributed by atoms with Gasteiger partial charge in [-0.05, 0) is 38.5 Å². The molecule has 0 aliphatic carbocycles. The maximum absolute atomic E-state index is 10.6. The molecule has 2 aromatic rings. The molecule has 0 spiro atoms. The number of nitrogens with zero attached hydrogens (tertiary/aromatic N) is 2. The lowest BCUT2D eigenvalue weighted by molar-refractivity contribution is -0.131. The van der Waals surface area contributed by atoms with Crippen LogP contribution in [-0.2, 0) is 4.79 Å². The quantitative estimate of drug-likeness (QED) is 0.868. The highest BCUT2D eigenvalue weighted by atomic mass is 16.4. The van der Waals surface area contributed by atoms with Gasteiger partial charge in [-0.15, -0.1) is 0 Å². The first-order chi connectivity index (χ1) is 9.45. The van der Waals surface area contributed by atoms with Gasteiger partial charge >= 0.3 is 5.97 Å². The third-order valence-electron chi connectivity index (χ3n) is 2.90. The van der Waals surface area contributed by atoms with Crippen molar-refractivity contribution in [2.45, 2.75) is 20.8 Å². The van der Waals surface area contributed by atoms with Gasteiger partial charge in [-0.3, -0.25) is 0 Å². The maximum atomic E-state index is 10.6. The molecule has 0 aliphatic rings. The Morgan fingerprint density at radius 2 is 1.90 bits per heavy atom. The number of aliphatic carboxylic acids is 1. The molecule has 1 heterocycles. The molecule has 1 N–H and O–H groups in total. The van der Waals surface area contributed by atoms with E-state index in [-0.39, 0.29) is 0 Å². The SMILES string of the molecule is Cc1ccc(-c2cc(C)nc(/C=C/C(=O)O)n2)c(C)c1. The molecule has 2 rings (SSSR count). The van der Waals surface area contributed by atoms with Gasteiger partial charge in [0.15, 0.2) is 5.82 Å². The molecule has 0 fully saturated rings. The Balaban J connectivity index is 2.49. The van der Waals surface area contributed by atoms with Gasteiger partial charge in [-0.25, -0.2) is 14.8 Å². The van der Waals surface area contributed by atoms with Crippen molar-refractivity contribution in [3.63, 3.8) is 0 Å². The van der Waals surface area contributed by atoms with Gasteiger partial charge in [0.1, 0.15) is 0 Å². The molecule has 0 unspecified atom stereocenters. The largest absolute Gasteiger partial charge is 0.478 e. The number of hydrogen-bond acceptors (Lipinski definition) is 3. The summed E-state index contributed by atoms with van der Waals surface area (Å²) in [4.78, 5) is 19.2. The first-order valence-electron chi connectivity index (χ1n) is 6.30. The zero-order valence-electron chi connectivity index (χ0n) is 11.7. The van der Waals surface area contributed by atoms with Crippen LogP contribution < -0.4 is 0 Å². The summed E-state index contributed by atoms with van der Waals surface area (Å²) in [6.07, 6.45) is 2.45. The van der Waals surface area contributed by atoms with Gasteiger partial charge in [-0.1, -0.05) is 23.8 Å². The van der Waals surface area contributed by atoms with Crippen molar-refractivity contribution in [3.8, 4) is 11.3 Å². The molecule has 0 saturated heterocycles. The van der Waals surface area contributed by atoms with E-state index in [0.29, 0.717) is 5.82 Å². The zero-order valence-corrected chi connectivity index (χ0v) is 11.7. The number of carboxylic acids is 1. The summed E-state index contributed by atoms with van der Waals surface area (Å²) < 4.78 is 0. The van der Waals surface area contributed by atoms with E-state index in [0.717, 1.165) is 28.6 Å². The Labute approximate surface area is 117 Å². The minimum absolute atomic E-state index is 0.405. The van der Waals surface area contributed by atoms with Crippen LogP contribution in [-0.4, -0.2) is 21.0 Å². The molecule has 0 amide bonds. The molecular weight excluding hydrogens is 252 g/mol. The zero-order chi connectivity index (χ0) is 14.7. The molecular formula is C16H16N2O2. The summed E-state index contributed by atoms with van der Waals surface area (Å²) in [6, 6.07) is 8.05. The Hall–Kier alpha value is -2.49. The second kappa shape index (κ2) is 5.65. The van der Waals surface area contributed by atoms with Crippen molar-refractivity contribution in [2.75, 3.05) is 0 Å². The minimum Gasteiger partial charge on any atom is -0.478 e. The lowest BCUT2D eigenvalue weighted by Crippen LogP contribution is -1.96. The molecule has 20 heavy (non-hydrogen) atoms. The average Bonchev–Trinajstić information content (AvgIpc) is 2.35. The van der Waals surface area contributed by atoms with Crippen molar-refractivity contribution in [2.24, 2.45) is 0 Å². The third-order valence-corrected chi connectivity index (χ3v) is 2.90. The fourth-order valence-corrected chi connectivity index (χ4v) is 2.05. The molecule has 1 aromatic heterocycles. The molecule has 4 nitrogen and oxygen atoms in total. The number of carbonyl (C=O) groups is 1. The van der Waals surface area contributed by atoms with Crippen molar-refractivity contribution in [3.05, 3.63) is 53.0 Å². The van der Waals surface area contributed by atoms with Crippen LogP contribution in [0.3, 0.4) is 0 Å². The Morgan fingerprint density at radius 3 is 2.55 bits per heavy atom. The van der Waals surface area contributed by atoms with Gasteiger partial charge in [0.05, 0.1) is 5.69 Å². The van der Waals surface area contributed by atoms with Crippen LogP contribution in [0.4, 0.5) is 0 Å². The van der Waals surface area contributed by atoms with E-state index in [2.05, 4.69) is 16.0 Å². The first kappa shape index (κ1) is 13.9. The third kappa shape index (κ3) is 3.29. The van der Waals surface area contributed by atoms with Crippen molar-refractivity contribution >= 4 is 12.0 Å². The topological polar surface area (TPSA) is 63.1 Å². The standard InChI is InChI=1S/C16H16N2O2/c1-10-4-5-13(11(2)8-10)14-9-12(3)17-15(18-14)6-7-16(19)20/h4-9H,1-3H3,(H,19,20)/b7-6+. The number of aryl methyl sites for hydroxylation is 3. The first-order valence-corrected chi connectivity index (χ1v) is 6.30. The number of carboxylic acid groups (broad SMARTS) is 1. The molecule has 1 aromatic carbocycles. The van der Waals surface area contributed by atoms with E-state index in [1.54, 1.807) is 0 Å². The van der Waals surface area contributed by atoms with Crippen LogP contribution in [0.2, 0.25) is 0 Å². The molecule has 4 heteroatoms. The Bertz CT molecular complexity index is 691. The van der Waals surface area contributed by atoms with Gasteiger partial charge in [0, 0.05) is 17.3 Å². The Kier molecular flexibility index (Phi) is 3.94. The summed E-state index contributed by atoms with van der Waals surface area (Å²) in [5, 5.41) is 8.66. The van der Waals surface area contributed by atoms with Gasteiger partial charge < -0.3 is 5.11 Å². The summed E-state index contributed by atoms with van der Waals surface area (Å²) in [5.74, 6) is -0.606. The van der Waals surface area contributed by atoms with E-state index < -0.39 is 5.97 Å². The van der Waals surface area contributed by atoms with E-state index in [9.17, 15) is 4.79 Å². The average molecular weight is 268 g/mol. The fraction of sp³-hybridized carbons (Fsp3) is 0.188. The maximum Gasteiger partial charge on any atom is 0.328 e. The molecule has 0 aliphatic heterocycles. The summed E-state index contributed by atoms with van der Waals surface area (Å²) in [5.41, 5.74) is 4.98. The Morgan fingerprint density at radius 1 is 1.15 bits per heavy atom. The second-order valence-electron chi connectivity index (χ2n) is 4.74. The number of rotatable bonds is 3. The van der Waals surface area contributed by atoms with Crippen LogP contribution in [0.15, 0.2) is 30.3 Å². The number of benzene rings is 1. The molecule has 0 bridgehead atoms. The minimum atomic E-state index is -1.01. The summed E-state index contributed by atoms with van der Waals surface area (Å²) in [6.45, 7) is 5.95. The second-order valence-corrected chi connectivity index (χ2v) is 4.74.